The Labute approximate surface area is 97.6 Å². The van der Waals surface area contributed by atoms with Gasteiger partial charge in [-0.15, -0.1) is 0 Å². The average Bonchev–Trinajstić information content (AvgIpc) is 2.71. The predicted octanol–water partition coefficient (Wildman–Crippen LogP) is -0.809. The van der Waals surface area contributed by atoms with E-state index in [1.165, 1.54) is 22.8 Å². The number of carbonyl (C=O) groups excluding carboxylic acids is 1. The number of ether oxygens (including phenoxy) is 1. The summed E-state index contributed by atoms with van der Waals surface area (Å²) in [6, 6.07) is 3.00. The second kappa shape index (κ2) is 4.56. The number of hydrogen-bond donors (Lipinski definition) is 2. The van der Waals surface area contributed by atoms with Gasteiger partial charge in [-0.3, -0.25) is 0 Å². The van der Waals surface area contributed by atoms with Crippen LogP contribution in [0.4, 0.5) is 0 Å². The first-order valence-electron chi connectivity index (χ1n) is 5.14. The van der Waals surface area contributed by atoms with E-state index in [1.807, 2.05) is 0 Å². The van der Waals surface area contributed by atoms with Crippen LogP contribution >= 0.6 is 0 Å². The van der Waals surface area contributed by atoms with Crippen molar-refractivity contribution in [2.75, 3.05) is 6.61 Å². The van der Waals surface area contributed by atoms with Crippen LogP contribution in [0.2, 0.25) is 0 Å². The Morgan fingerprint density at radius 3 is 3.00 bits per heavy atom. The Bertz CT molecular complexity index is 552. The van der Waals surface area contributed by atoms with Gasteiger partial charge >= 0.3 is 13.1 Å². The van der Waals surface area contributed by atoms with Crippen molar-refractivity contribution in [3.63, 3.8) is 0 Å². The van der Waals surface area contributed by atoms with E-state index >= 15 is 0 Å². The van der Waals surface area contributed by atoms with Crippen LogP contribution < -0.4 is 5.46 Å². The lowest BCUT2D eigenvalue weighted by molar-refractivity contribution is 0.0528. The molecule has 0 atom stereocenters. The molecule has 88 valence electrons. The van der Waals surface area contributed by atoms with E-state index in [0.717, 1.165) is 0 Å². The standard InChI is InChI=1S/C10H11BN2O4/c1-2-17-10(14)8-6-12-13-4-3-7(11(15)16)5-9(8)13/h3-6,15-16H,2H2,1H3. The largest absolute Gasteiger partial charge is 0.488 e. The minimum Gasteiger partial charge on any atom is -0.462 e. The fourth-order valence-electron chi connectivity index (χ4n) is 1.52. The average molecular weight is 234 g/mol. The molecule has 0 unspecified atom stereocenters. The van der Waals surface area contributed by atoms with Gasteiger partial charge in [-0.05, 0) is 24.5 Å². The minimum absolute atomic E-state index is 0.276. The quantitative estimate of drug-likeness (QED) is 0.536. The van der Waals surface area contributed by atoms with Gasteiger partial charge in [-0.1, -0.05) is 0 Å². The van der Waals surface area contributed by atoms with Crippen LogP contribution in [-0.2, 0) is 4.74 Å². The minimum atomic E-state index is -1.58. The molecule has 2 N–H and O–H groups in total. The third kappa shape index (κ3) is 2.15. The highest BCUT2D eigenvalue weighted by atomic mass is 16.5. The van der Waals surface area contributed by atoms with Crippen LogP contribution in [0.3, 0.4) is 0 Å². The zero-order valence-electron chi connectivity index (χ0n) is 9.20. The van der Waals surface area contributed by atoms with Crippen LogP contribution in [0.1, 0.15) is 17.3 Å². The molecule has 0 aliphatic carbocycles. The number of esters is 1. The highest BCUT2D eigenvalue weighted by Crippen LogP contribution is 2.10. The first-order chi connectivity index (χ1) is 8.13. The van der Waals surface area contributed by atoms with E-state index in [-0.39, 0.29) is 6.61 Å². The second-order valence-electron chi connectivity index (χ2n) is 3.44. The molecule has 0 aliphatic rings. The van der Waals surface area contributed by atoms with E-state index in [0.29, 0.717) is 16.5 Å². The van der Waals surface area contributed by atoms with Crippen LogP contribution in [0.5, 0.6) is 0 Å². The molecule has 0 radical (unpaired) electrons. The third-order valence-electron chi connectivity index (χ3n) is 2.34. The Morgan fingerprint density at radius 1 is 1.59 bits per heavy atom. The summed E-state index contributed by atoms with van der Waals surface area (Å²) in [6.07, 6.45) is 2.94. The summed E-state index contributed by atoms with van der Waals surface area (Å²) < 4.78 is 6.35. The van der Waals surface area contributed by atoms with E-state index < -0.39 is 13.1 Å². The molecular weight excluding hydrogens is 223 g/mol. The van der Waals surface area contributed by atoms with Gasteiger partial charge in [-0.25, -0.2) is 9.31 Å². The van der Waals surface area contributed by atoms with E-state index in [4.69, 9.17) is 14.8 Å². The highest BCUT2D eigenvalue weighted by molar-refractivity contribution is 6.58. The van der Waals surface area contributed by atoms with Gasteiger partial charge in [0.2, 0.25) is 0 Å². The molecule has 0 bridgehead atoms. The van der Waals surface area contributed by atoms with Crippen molar-refractivity contribution in [2.24, 2.45) is 0 Å². The molecule has 17 heavy (non-hydrogen) atoms. The highest BCUT2D eigenvalue weighted by Gasteiger charge is 2.17. The fraction of sp³-hybridized carbons (Fsp3) is 0.200. The van der Waals surface area contributed by atoms with Gasteiger partial charge in [0.15, 0.2) is 0 Å². The molecule has 0 saturated heterocycles. The van der Waals surface area contributed by atoms with Crippen molar-refractivity contribution < 1.29 is 19.6 Å². The molecule has 0 saturated carbocycles. The lowest BCUT2D eigenvalue weighted by Crippen LogP contribution is -2.30. The van der Waals surface area contributed by atoms with Crippen LogP contribution in [0.15, 0.2) is 24.5 Å². The molecule has 2 heterocycles. The Morgan fingerprint density at radius 2 is 2.35 bits per heavy atom. The summed E-state index contributed by atoms with van der Waals surface area (Å²) in [5.74, 6) is -0.480. The number of hydrogen-bond acceptors (Lipinski definition) is 5. The van der Waals surface area contributed by atoms with Gasteiger partial charge in [0.25, 0.3) is 0 Å². The maximum absolute atomic E-state index is 11.6. The van der Waals surface area contributed by atoms with Gasteiger partial charge < -0.3 is 14.8 Å². The van der Waals surface area contributed by atoms with Gasteiger partial charge in [0.1, 0.15) is 5.56 Å². The molecule has 0 amide bonds. The van der Waals surface area contributed by atoms with Crippen molar-refractivity contribution in [1.82, 2.24) is 9.61 Å². The molecule has 0 fully saturated rings. The van der Waals surface area contributed by atoms with Crippen LogP contribution in [-0.4, -0.2) is 39.4 Å². The molecule has 0 aromatic carbocycles. The molecule has 2 rings (SSSR count). The van der Waals surface area contributed by atoms with Crippen molar-refractivity contribution in [2.45, 2.75) is 6.92 Å². The Hall–Kier alpha value is -1.86. The Kier molecular flexibility index (Phi) is 3.12. The molecule has 2 aromatic heterocycles. The zero-order chi connectivity index (χ0) is 12.4. The maximum atomic E-state index is 11.6. The lowest BCUT2D eigenvalue weighted by atomic mass is 9.81. The summed E-state index contributed by atoms with van der Waals surface area (Å²) in [4.78, 5) is 11.6. The van der Waals surface area contributed by atoms with E-state index in [1.54, 1.807) is 13.1 Å². The molecule has 0 aliphatic heterocycles. The van der Waals surface area contributed by atoms with Crippen LogP contribution in [0, 0.1) is 0 Å². The number of nitrogens with zero attached hydrogens (tertiary/aromatic N) is 2. The predicted molar refractivity (Wildman–Crippen MR) is 61.0 cm³/mol. The van der Waals surface area contributed by atoms with Gasteiger partial charge in [-0.2, -0.15) is 5.10 Å². The monoisotopic (exact) mass is 234 g/mol. The first kappa shape index (κ1) is 11.6. The number of aromatic nitrogens is 2. The number of pyridine rings is 1. The normalized spacial score (nSPS) is 10.5. The van der Waals surface area contributed by atoms with E-state index in [2.05, 4.69) is 5.10 Å². The number of rotatable bonds is 3. The first-order valence-corrected chi connectivity index (χ1v) is 5.14. The summed E-state index contributed by atoms with van der Waals surface area (Å²) >= 11 is 0. The maximum Gasteiger partial charge on any atom is 0.488 e. The smallest absolute Gasteiger partial charge is 0.462 e. The molecule has 7 heteroatoms. The van der Waals surface area contributed by atoms with Gasteiger partial charge in [0.05, 0.1) is 18.3 Å². The fourth-order valence-corrected chi connectivity index (χ4v) is 1.52. The molecule has 2 aromatic rings. The summed E-state index contributed by atoms with van der Waals surface area (Å²) in [5, 5.41) is 22.1. The Balaban J connectivity index is 2.50. The van der Waals surface area contributed by atoms with Crippen LogP contribution in [0.25, 0.3) is 5.52 Å². The topological polar surface area (TPSA) is 84.1 Å². The van der Waals surface area contributed by atoms with Crippen molar-refractivity contribution >= 4 is 24.1 Å². The third-order valence-corrected chi connectivity index (χ3v) is 2.34. The molecular formula is C10H11BN2O4. The lowest BCUT2D eigenvalue weighted by Gasteiger charge is -2.02. The summed E-state index contributed by atoms with van der Waals surface area (Å²) in [5.41, 5.74) is 1.08. The van der Waals surface area contributed by atoms with Gasteiger partial charge in [0, 0.05) is 6.20 Å². The van der Waals surface area contributed by atoms with Crippen molar-refractivity contribution in [1.29, 1.82) is 0 Å². The second-order valence-corrected chi connectivity index (χ2v) is 3.44. The SMILES string of the molecule is CCOC(=O)c1cnn2ccc(B(O)O)cc12. The number of carbonyl (C=O) groups is 1. The summed E-state index contributed by atoms with van der Waals surface area (Å²) in [6.45, 7) is 1.99. The van der Waals surface area contributed by atoms with Crippen molar-refractivity contribution in [3.05, 3.63) is 30.1 Å². The van der Waals surface area contributed by atoms with Crippen molar-refractivity contribution in [3.8, 4) is 0 Å². The molecule has 6 nitrogen and oxygen atoms in total. The van der Waals surface area contributed by atoms with E-state index in [9.17, 15) is 4.79 Å². The number of fused-ring (bicyclic) bond motifs is 1. The summed E-state index contributed by atoms with van der Waals surface area (Å²) in [7, 11) is -1.58. The molecule has 0 spiro atoms. The zero-order valence-corrected chi connectivity index (χ0v) is 9.20.